The molecular formula is C23H23N5O2. The first kappa shape index (κ1) is 17.7. The molecule has 7 heteroatoms. The number of rotatable bonds is 2. The van der Waals surface area contributed by atoms with Crippen LogP contribution in [0.1, 0.15) is 29.2 Å². The lowest BCUT2D eigenvalue weighted by atomic mass is 9.77. The summed E-state index contributed by atoms with van der Waals surface area (Å²) in [4.78, 5) is 23.9. The number of fused-ring (bicyclic) bond motifs is 3. The van der Waals surface area contributed by atoms with Crippen LogP contribution >= 0.6 is 0 Å². The van der Waals surface area contributed by atoms with Gasteiger partial charge in [0.2, 0.25) is 0 Å². The minimum Gasteiger partial charge on any atom is -0.391 e. The molecule has 1 saturated heterocycles. The van der Waals surface area contributed by atoms with E-state index in [0.717, 1.165) is 29.6 Å². The van der Waals surface area contributed by atoms with E-state index >= 15 is 0 Å². The van der Waals surface area contributed by atoms with Crippen LogP contribution in [0.4, 0.5) is 0 Å². The van der Waals surface area contributed by atoms with Gasteiger partial charge in [0, 0.05) is 37.2 Å². The van der Waals surface area contributed by atoms with E-state index in [2.05, 4.69) is 20.6 Å². The molecule has 4 heterocycles. The summed E-state index contributed by atoms with van der Waals surface area (Å²) >= 11 is 0. The fraction of sp³-hybridized carbons (Fsp3) is 0.348. The highest BCUT2D eigenvalue weighted by Crippen LogP contribution is 2.42. The second kappa shape index (κ2) is 6.67. The number of aliphatic hydroxyl groups is 1. The van der Waals surface area contributed by atoms with Gasteiger partial charge in [-0.3, -0.25) is 4.79 Å². The van der Waals surface area contributed by atoms with Gasteiger partial charge in [-0.05, 0) is 48.9 Å². The number of benzene rings is 1. The first-order valence-corrected chi connectivity index (χ1v) is 10.5. The number of para-hydroxylation sites is 2. The Morgan fingerprint density at radius 1 is 1.03 bits per heavy atom. The quantitative estimate of drug-likeness (QED) is 0.560. The molecule has 1 amide bonds. The summed E-state index contributed by atoms with van der Waals surface area (Å²) in [5.41, 5.74) is 3.45. The zero-order valence-corrected chi connectivity index (χ0v) is 16.5. The Morgan fingerprint density at radius 3 is 2.77 bits per heavy atom. The van der Waals surface area contributed by atoms with Gasteiger partial charge in [-0.2, -0.15) is 0 Å². The van der Waals surface area contributed by atoms with Crippen LogP contribution in [0.3, 0.4) is 0 Å². The molecule has 1 N–H and O–H groups in total. The fourth-order valence-electron chi connectivity index (χ4n) is 5.34. The Hall–Kier alpha value is -3.19. The van der Waals surface area contributed by atoms with Crippen molar-refractivity contribution in [2.75, 3.05) is 13.1 Å². The molecule has 0 spiro atoms. The average molecular weight is 401 g/mol. The first-order chi connectivity index (χ1) is 14.7. The summed E-state index contributed by atoms with van der Waals surface area (Å²) in [6, 6.07) is 11.7. The Labute approximate surface area is 173 Å². The highest BCUT2D eigenvalue weighted by Gasteiger charge is 2.43. The zero-order valence-electron chi connectivity index (χ0n) is 16.5. The zero-order chi connectivity index (χ0) is 20.2. The number of imidazole rings is 2. The molecule has 7 nitrogen and oxygen atoms in total. The van der Waals surface area contributed by atoms with Crippen molar-refractivity contribution in [1.82, 2.24) is 23.8 Å². The third-order valence-electron chi connectivity index (χ3n) is 6.88. The van der Waals surface area contributed by atoms with Gasteiger partial charge in [-0.15, -0.1) is 0 Å². The van der Waals surface area contributed by atoms with Crippen molar-refractivity contribution >= 4 is 22.6 Å². The Bertz CT molecular complexity index is 1240. The molecule has 152 valence electrons. The minimum absolute atomic E-state index is 0.00466. The lowest BCUT2D eigenvalue weighted by Gasteiger charge is -2.36. The van der Waals surface area contributed by atoms with Crippen LogP contribution in [-0.2, 0) is 0 Å². The Kier molecular flexibility index (Phi) is 3.92. The van der Waals surface area contributed by atoms with E-state index in [1.165, 1.54) is 0 Å². The third kappa shape index (κ3) is 2.73. The fourth-order valence-corrected chi connectivity index (χ4v) is 5.34. The summed E-state index contributed by atoms with van der Waals surface area (Å²) in [7, 11) is 0. The number of nitrogens with zero attached hydrogens (tertiary/aromatic N) is 5. The number of pyridine rings is 1. The van der Waals surface area contributed by atoms with Gasteiger partial charge in [-0.1, -0.05) is 12.1 Å². The number of aromatic nitrogens is 4. The van der Waals surface area contributed by atoms with Crippen LogP contribution < -0.4 is 0 Å². The molecule has 30 heavy (non-hydrogen) atoms. The molecule has 1 aliphatic carbocycles. The monoisotopic (exact) mass is 401 g/mol. The van der Waals surface area contributed by atoms with E-state index in [9.17, 15) is 9.90 Å². The van der Waals surface area contributed by atoms with E-state index < -0.39 is 6.10 Å². The van der Waals surface area contributed by atoms with E-state index in [0.29, 0.717) is 30.4 Å². The van der Waals surface area contributed by atoms with E-state index in [1.807, 2.05) is 58.4 Å². The van der Waals surface area contributed by atoms with Gasteiger partial charge < -0.3 is 19.0 Å². The molecule has 1 aromatic carbocycles. The Morgan fingerprint density at radius 2 is 1.87 bits per heavy atom. The van der Waals surface area contributed by atoms with Crippen LogP contribution in [0, 0.1) is 11.8 Å². The first-order valence-electron chi connectivity index (χ1n) is 10.5. The van der Waals surface area contributed by atoms with E-state index in [1.54, 1.807) is 6.20 Å². The van der Waals surface area contributed by atoms with Crippen molar-refractivity contribution in [3.05, 3.63) is 66.9 Å². The van der Waals surface area contributed by atoms with Gasteiger partial charge in [0.1, 0.15) is 5.65 Å². The lowest BCUT2D eigenvalue weighted by molar-refractivity contribution is 0.0374. The number of carbonyl (C=O) groups is 1. The number of carbonyl (C=O) groups excluding carboxylic acids is 1. The molecule has 4 aromatic rings. The molecule has 6 rings (SSSR count). The van der Waals surface area contributed by atoms with Crippen molar-refractivity contribution in [3.8, 4) is 0 Å². The predicted octanol–water partition coefficient (Wildman–Crippen LogP) is 2.77. The van der Waals surface area contributed by atoms with Gasteiger partial charge in [0.05, 0.1) is 29.5 Å². The third-order valence-corrected chi connectivity index (χ3v) is 6.88. The van der Waals surface area contributed by atoms with Gasteiger partial charge in [0.25, 0.3) is 5.91 Å². The summed E-state index contributed by atoms with van der Waals surface area (Å²) in [6.45, 7) is 1.44. The van der Waals surface area contributed by atoms with Crippen LogP contribution in [-0.4, -0.2) is 54.0 Å². The topological polar surface area (TPSA) is 75.7 Å². The molecule has 1 saturated carbocycles. The smallest absolute Gasteiger partial charge is 0.254 e. The summed E-state index contributed by atoms with van der Waals surface area (Å²) in [6.07, 6.45) is 8.46. The van der Waals surface area contributed by atoms with Gasteiger partial charge in [0.15, 0.2) is 0 Å². The lowest BCUT2D eigenvalue weighted by Crippen LogP contribution is -2.36. The van der Waals surface area contributed by atoms with Crippen molar-refractivity contribution in [2.24, 2.45) is 11.8 Å². The normalized spacial score (nSPS) is 26.4. The molecule has 2 aliphatic rings. The summed E-state index contributed by atoms with van der Waals surface area (Å²) in [5.74, 6) is 0.776. The molecule has 3 aromatic heterocycles. The molecule has 1 aliphatic heterocycles. The largest absolute Gasteiger partial charge is 0.391 e. The Balaban J connectivity index is 1.23. The number of hydrogen-bond donors (Lipinski definition) is 1. The maximum atomic E-state index is 13.1. The number of aliphatic hydroxyl groups excluding tert-OH is 1. The van der Waals surface area contributed by atoms with E-state index in [-0.39, 0.29) is 11.9 Å². The molecule has 2 fully saturated rings. The number of amides is 1. The van der Waals surface area contributed by atoms with Crippen molar-refractivity contribution in [2.45, 2.75) is 25.0 Å². The minimum atomic E-state index is -0.430. The maximum absolute atomic E-state index is 13.1. The van der Waals surface area contributed by atoms with Crippen molar-refractivity contribution in [3.63, 3.8) is 0 Å². The number of likely N-dealkylation sites (tertiary alicyclic amines) is 1. The molecular weight excluding hydrogens is 378 g/mol. The van der Waals surface area contributed by atoms with Crippen molar-refractivity contribution in [1.29, 1.82) is 0 Å². The van der Waals surface area contributed by atoms with Crippen LogP contribution in [0.5, 0.6) is 0 Å². The standard InChI is InChI=1S/C23H23N5O2/c29-21-10-17-13-27(23(30)15-5-7-26-8-6-24-22(26)11-15)12-16(17)9-20(21)28-14-25-18-3-1-2-4-19(18)28/h1-8,11,14,16-17,20-21,29H,9-10,12-13H2/t16-,17+,20-,21-/m1/s1. The van der Waals surface area contributed by atoms with Gasteiger partial charge in [-0.25, -0.2) is 9.97 Å². The summed E-state index contributed by atoms with van der Waals surface area (Å²) < 4.78 is 4.02. The average Bonchev–Trinajstić information content (AvgIpc) is 3.49. The van der Waals surface area contributed by atoms with Crippen molar-refractivity contribution < 1.29 is 9.90 Å². The molecule has 0 radical (unpaired) electrons. The SMILES string of the molecule is O=C(c1ccn2ccnc2c1)N1C[C@H]2C[C@@H](n3cnc4ccccc43)[C@H](O)C[C@H]2C1. The van der Waals surface area contributed by atoms with Crippen LogP contribution in [0.15, 0.2) is 61.3 Å². The second-order valence-electron chi connectivity index (χ2n) is 8.59. The molecule has 0 bridgehead atoms. The second-order valence-corrected chi connectivity index (χ2v) is 8.59. The molecule has 4 atom stereocenters. The van der Waals surface area contributed by atoms with E-state index in [4.69, 9.17) is 0 Å². The maximum Gasteiger partial charge on any atom is 0.254 e. The highest BCUT2D eigenvalue weighted by atomic mass is 16.3. The van der Waals surface area contributed by atoms with Gasteiger partial charge >= 0.3 is 0 Å². The molecule has 0 unspecified atom stereocenters. The summed E-state index contributed by atoms with van der Waals surface area (Å²) in [5, 5.41) is 10.9. The van der Waals surface area contributed by atoms with Crippen LogP contribution in [0.25, 0.3) is 16.7 Å². The highest BCUT2D eigenvalue weighted by molar-refractivity contribution is 5.95. The number of hydrogen-bond acceptors (Lipinski definition) is 4. The predicted molar refractivity (Wildman–Crippen MR) is 112 cm³/mol. The van der Waals surface area contributed by atoms with Crippen LogP contribution in [0.2, 0.25) is 0 Å².